The first-order valence-electron chi connectivity index (χ1n) is 14.1. The Morgan fingerprint density at radius 2 is 1.80 bits per heavy atom. The van der Waals surface area contributed by atoms with Crippen LogP contribution in [0.2, 0.25) is 0 Å². The second-order valence-electron chi connectivity index (χ2n) is 11.7. The maximum Gasteiger partial charge on any atom is 0.407 e. The molecule has 41 heavy (non-hydrogen) atoms. The van der Waals surface area contributed by atoms with Crippen molar-refractivity contribution in [1.29, 1.82) is 0 Å². The van der Waals surface area contributed by atoms with Crippen molar-refractivity contribution in [3.8, 4) is 11.4 Å². The largest absolute Gasteiger partial charge is 0.444 e. The molecule has 11 heteroatoms. The number of H-pyrrole nitrogens is 1. The number of aromatic amines is 1. The molecular weight excluding hydrogens is 518 g/mol. The molecule has 3 N–H and O–H groups in total. The van der Waals surface area contributed by atoms with Gasteiger partial charge in [-0.25, -0.2) is 14.8 Å². The number of carbonyl (C=O) groups excluding carboxylic acids is 1. The zero-order valence-electron chi connectivity index (χ0n) is 23.8. The van der Waals surface area contributed by atoms with Crippen molar-refractivity contribution in [3.05, 3.63) is 59.9 Å². The van der Waals surface area contributed by atoms with Gasteiger partial charge in [0.2, 0.25) is 5.82 Å². The monoisotopic (exact) mass is 553 g/mol. The molecule has 1 aliphatic rings. The normalized spacial score (nSPS) is 17.6. The van der Waals surface area contributed by atoms with E-state index < -0.39 is 5.60 Å². The third-order valence-corrected chi connectivity index (χ3v) is 7.26. The molecule has 1 aliphatic carbocycles. The van der Waals surface area contributed by atoms with Crippen molar-refractivity contribution < 1.29 is 9.53 Å². The second-order valence-corrected chi connectivity index (χ2v) is 11.7. The van der Waals surface area contributed by atoms with Crippen molar-refractivity contribution in [2.75, 3.05) is 5.32 Å². The molecular formula is C30H35N9O2. The van der Waals surface area contributed by atoms with E-state index >= 15 is 0 Å². The minimum absolute atomic E-state index is 0.100. The van der Waals surface area contributed by atoms with Crippen LogP contribution in [0.5, 0.6) is 0 Å². The number of ether oxygens (including phenoxy) is 1. The summed E-state index contributed by atoms with van der Waals surface area (Å²) in [6.07, 6.45) is 3.82. The van der Waals surface area contributed by atoms with Crippen LogP contribution >= 0.6 is 0 Å². The summed E-state index contributed by atoms with van der Waals surface area (Å²) in [4.78, 5) is 27.2. The van der Waals surface area contributed by atoms with E-state index in [1.54, 1.807) is 7.05 Å². The lowest BCUT2D eigenvalue weighted by Crippen LogP contribution is -2.42. The molecule has 0 bridgehead atoms. The number of amides is 1. The number of hydrogen-bond acceptors (Lipinski definition) is 8. The van der Waals surface area contributed by atoms with Gasteiger partial charge >= 0.3 is 6.09 Å². The lowest BCUT2D eigenvalue weighted by atomic mass is 9.91. The van der Waals surface area contributed by atoms with Crippen LogP contribution in [0, 0.1) is 0 Å². The number of nitrogens with one attached hydrogen (secondary N) is 3. The third-order valence-electron chi connectivity index (χ3n) is 7.26. The number of hydrogen-bond donors (Lipinski definition) is 3. The third kappa shape index (κ3) is 6.13. The molecule has 0 atom stereocenters. The fraction of sp³-hybridized carbons (Fsp3) is 0.400. The summed E-state index contributed by atoms with van der Waals surface area (Å²) in [6, 6.07) is 16.7. The molecule has 6 rings (SSSR count). The highest BCUT2D eigenvalue weighted by Crippen LogP contribution is 2.34. The zero-order chi connectivity index (χ0) is 28.6. The number of nitrogens with zero attached hydrogens (tertiary/aromatic N) is 6. The Balaban J connectivity index is 1.28. The molecule has 3 heterocycles. The molecule has 2 aromatic carbocycles. The van der Waals surface area contributed by atoms with E-state index in [0.717, 1.165) is 70.4 Å². The maximum atomic E-state index is 12.3. The molecule has 0 radical (unpaired) electrons. The summed E-state index contributed by atoms with van der Waals surface area (Å²) < 4.78 is 5.44. The lowest BCUT2D eigenvalue weighted by Gasteiger charge is -2.31. The minimum Gasteiger partial charge on any atom is -0.444 e. The van der Waals surface area contributed by atoms with Gasteiger partial charge in [-0.2, -0.15) is 4.80 Å². The van der Waals surface area contributed by atoms with Gasteiger partial charge in [0.25, 0.3) is 0 Å². The highest BCUT2D eigenvalue weighted by Gasteiger charge is 2.26. The van der Waals surface area contributed by atoms with Gasteiger partial charge in [0.1, 0.15) is 22.9 Å². The summed E-state index contributed by atoms with van der Waals surface area (Å²) in [5.41, 5.74) is 3.24. The van der Waals surface area contributed by atoms with Crippen LogP contribution in [0.4, 0.5) is 10.6 Å². The van der Waals surface area contributed by atoms with Crippen molar-refractivity contribution >= 4 is 33.8 Å². The fourth-order valence-electron chi connectivity index (χ4n) is 5.40. The fourth-order valence-corrected chi connectivity index (χ4v) is 5.40. The molecule has 5 aromatic rings. The van der Waals surface area contributed by atoms with Crippen LogP contribution in [-0.2, 0) is 18.2 Å². The number of anilines is 1. The Morgan fingerprint density at radius 1 is 1.05 bits per heavy atom. The molecule has 0 aliphatic heterocycles. The number of fused-ring (bicyclic) bond motifs is 3. The molecule has 11 nitrogen and oxygen atoms in total. The SMILES string of the molecule is Cn1nnc(-c2ccc3c(c2)[nH]c2nc(Cc4ccccc4)nc(NC4CCC(NC(=O)OC(C)(C)C)CC4)c23)n1. The number of carbonyl (C=O) groups is 1. The Labute approximate surface area is 238 Å². The molecule has 0 saturated heterocycles. The van der Waals surface area contributed by atoms with Crippen LogP contribution < -0.4 is 10.6 Å². The van der Waals surface area contributed by atoms with Crippen LogP contribution in [0.15, 0.2) is 48.5 Å². The van der Waals surface area contributed by atoms with Gasteiger partial charge in [-0.05, 0) is 63.3 Å². The summed E-state index contributed by atoms with van der Waals surface area (Å²) >= 11 is 0. The minimum atomic E-state index is -0.510. The topological polar surface area (TPSA) is 136 Å². The summed E-state index contributed by atoms with van der Waals surface area (Å²) in [5.74, 6) is 2.13. The van der Waals surface area contributed by atoms with Crippen molar-refractivity contribution in [2.45, 2.75) is 70.6 Å². The van der Waals surface area contributed by atoms with E-state index in [1.807, 2.05) is 51.1 Å². The number of benzene rings is 2. The number of aryl methyl sites for hydroxylation is 1. The number of aromatic nitrogens is 7. The number of alkyl carbamates (subject to hydrolysis) is 1. The highest BCUT2D eigenvalue weighted by atomic mass is 16.6. The summed E-state index contributed by atoms with van der Waals surface area (Å²) in [5, 5.41) is 21.2. The van der Waals surface area contributed by atoms with E-state index in [1.165, 1.54) is 4.80 Å². The smallest absolute Gasteiger partial charge is 0.407 e. The first-order chi connectivity index (χ1) is 19.7. The van der Waals surface area contributed by atoms with Crippen LogP contribution in [0.3, 0.4) is 0 Å². The molecule has 212 valence electrons. The molecule has 1 fully saturated rings. The Morgan fingerprint density at radius 3 is 2.51 bits per heavy atom. The zero-order valence-corrected chi connectivity index (χ0v) is 23.8. The molecule has 3 aromatic heterocycles. The van der Waals surface area contributed by atoms with Gasteiger partial charge in [0.15, 0.2) is 0 Å². The van der Waals surface area contributed by atoms with Crippen LogP contribution in [0.1, 0.15) is 57.8 Å². The first kappa shape index (κ1) is 26.7. The van der Waals surface area contributed by atoms with Gasteiger partial charge < -0.3 is 20.4 Å². The van der Waals surface area contributed by atoms with Gasteiger partial charge in [0, 0.05) is 35.0 Å². The van der Waals surface area contributed by atoms with Gasteiger partial charge in [-0.3, -0.25) is 0 Å². The quantitative estimate of drug-likeness (QED) is 0.263. The Hall–Kier alpha value is -4.54. The standard InChI is InChI=1S/C30H35N9O2/c1-30(2,3)41-29(40)32-21-13-11-20(12-14-21)31-27-25-22-15-10-19(26-36-38-39(4)37-26)17-23(22)33-28(25)35-24(34-27)16-18-8-6-5-7-9-18/h5-10,15,17,20-21H,11-14,16H2,1-4H3,(H,32,40)(H2,31,33,34,35). The first-order valence-corrected chi connectivity index (χ1v) is 14.1. The summed E-state index contributed by atoms with van der Waals surface area (Å²) in [7, 11) is 1.75. The van der Waals surface area contributed by atoms with Crippen molar-refractivity contribution in [2.24, 2.45) is 7.05 Å². The molecule has 1 saturated carbocycles. The van der Waals surface area contributed by atoms with E-state index in [4.69, 9.17) is 14.7 Å². The van der Waals surface area contributed by atoms with Crippen LogP contribution in [0.25, 0.3) is 33.3 Å². The summed E-state index contributed by atoms with van der Waals surface area (Å²) in [6.45, 7) is 5.63. The van der Waals surface area contributed by atoms with E-state index in [9.17, 15) is 4.79 Å². The lowest BCUT2D eigenvalue weighted by molar-refractivity contribution is 0.0492. The predicted octanol–water partition coefficient (Wildman–Crippen LogP) is 5.14. The maximum absolute atomic E-state index is 12.3. The van der Waals surface area contributed by atoms with E-state index in [2.05, 4.69) is 49.2 Å². The molecule has 0 spiro atoms. The number of rotatable bonds is 6. The highest BCUT2D eigenvalue weighted by molar-refractivity contribution is 6.11. The molecule has 0 unspecified atom stereocenters. The van der Waals surface area contributed by atoms with Gasteiger partial charge in [0.05, 0.1) is 12.4 Å². The van der Waals surface area contributed by atoms with E-state index in [-0.39, 0.29) is 18.2 Å². The van der Waals surface area contributed by atoms with Gasteiger partial charge in [-0.15, -0.1) is 10.2 Å². The van der Waals surface area contributed by atoms with Crippen molar-refractivity contribution in [1.82, 2.24) is 40.5 Å². The molecule has 1 amide bonds. The second kappa shape index (κ2) is 10.8. The van der Waals surface area contributed by atoms with E-state index in [0.29, 0.717) is 12.2 Å². The number of tetrazole rings is 1. The Kier molecular flexibility index (Phi) is 7.02. The Bertz CT molecular complexity index is 1680. The predicted molar refractivity (Wildman–Crippen MR) is 157 cm³/mol. The average molecular weight is 554 g/mol. The van der Waals surface area contributed by atoms with Gasteiger partial charge in [-0.1, -0.05) is 42.5 Å². The average Bonchev–Trinajstić information content (AvgIpc) is 3.52. The van der Waals surface area contributed by atoms with Crippen molar-refractivity contribution in [3.63, 3.8) is 0 Å². The van der Waals surface area contributed by atoms with Crippen LogP contribution in [-0.4, -0.2) is 58.9 Å².